The first kappa shape index (κ1) is 14.7. The van der Waals surface area contributed by atoms with Crippen LogP contribution in [0.5, 0.6) is 5.75 Å². The van der Waals surface area contributed by atoms with E-state index in [0.29, 0.717) is 11.0 Å². The Morgan fingerprint density at radius 2 is 2.21 bits per heavy atom. The number of aromatic nitrogens is 2. The number of rotatable bonds is 6. The summed E-state index contributed by atoms with van der Waals surface area (Å²) in [6.07, 6.45) is 7.82. The van der Waals surface area contributed by atoms with Crippen molar-refractivity contribution in [3.63, 3.8) is 0 Å². The van der Waals surface area contributed by atoms with Crippen molar-refractivity contribution in [2.75, 3.05) is 12.9 Å². The Hall–Kier alpha value is -0.680. The molecule has 0 aromatic carbocycles. The van der Waals surface area contributed by atoms with Crippen molar-refractivity contribution < 1.29 is 9.84 Å². The Morgan fingerprint density at radius 1 is 1.47 bits per heavy atom. The number of thioether (sulfide) groups is 1. The summed E-state index contributed by atoms with van der Waals surface area (Å²) in [5.74, 6) is 1.42. The van der Waals surface area contributed by atoms with E-state index in [1.54, 1.807) is 13.3 Å². The van der Waals surface area contributed by atoms with Crippen molar-refractivity contribution in [2.24, 2.45) is 0 Å². The number of aryl methyl sites for hydroxylation is 1. The lowest BCUT2D eigenvalue weighted by Crippen LogP contribution is -2.14. The lowest BCUT2D eigenvalue weighted by molar-refractivity contribution is 0.187. The van der Waals surface area contributed by atoms with Gasteiger partial charge in [0.1, 0.15) is 11.8 Å². The predicted octanol–water partition coefficient (Wildman–Crippen LogP) is 3.01. The van der Waals surface area contributed by atoms with Crippen molar-refractivity contribution in [1.29, 1.82) is 0 Å². The molecule has 0 bridgehead atoms. The third-order valence-corrected chi connectivity index (χ3v) is 5.17. The van der Waals surface area contributed by atoms with Crippen LogP contribution >= 0.6 is 11.8 Å². The fraction of sp³-hybridized carbons (Fsp3) is 0.786. The highest BCUT2D eigenvalue weighted by Crippen LogP contribution is 2.33. The predicted molar refractivity (Wildman–Crippen MR) is 78.7 cm³/mol. The molecule has 0 amide bonds. The molecule has 19 heavy (non-hydrogen) atoms. The topological polar surface area (TPSA) is 47.3 Å². The van der Waals surface area contributed by atoms with Gasteiger partial charge in [-0.3, -0.25) is 4.68 Å². The smallest absolute Gasteiger partial charge is 0.162 e. The second-order valence-electron chi connectivity index (χ2n) is 5.02. The van der Waals surface area contributed by atoms with Gasteiger partial charge in [-0.2, -0.15) is 16.9 Å². The van der Waals surface area contributed by atoms with Gasteiger partial charge in [-0.25, -0.2) is 0 Å². The molecule has 1 aromatic heterocycles. The molecule has 1 fully saturated rings. The van der Waals surface area contributed by atoms with E-state index in [-0.39, 0.29) is 0 Å². The van der Waals surface area contributed by atoms with Gasteiger partial charge in [-0.1, -0.05) is 19.3 Å². The number of aliphatic hydroxyl groups is 1. The van der Waals surface area contributed by atoms with Gasteiger partial charge in [-0.05, 0) is 19.8 Å². The average Bonchev–Trinajstić information content (AvgIpc) is 2.89. The molecular formula is C14H24N2O2S. The summed E-state index contributed by atoms with van der Waals surface area (Å²) in [6, 6.07) is 0. The maximum atomic E-state index is 10.4. The summed E-state index contributed by atoms with van der Waals surface area (Å²) >= 11 is 1.90. The second-order valence-corrected chi connectivity index (χ2v) is 6.36. The summed E-state index contributed by atoms with van der Waals surface area (Å²) in [6.45, 7) is 2.78. The largest absolute Gasteiger partial charge is 0.493 e. The zero-order valence-corrected chi connectivity index (χ0v) is 12.7. The van der Waals surface area contributed by atoms with Crippen LogP contribution in [0.4, 0.5) is 0 Å². The number of hydrogen-bond acceptors (Lipinski definition) is 4. The van der Waals surface area contributed by atoms with Crippen LogP contribution in [0, 0.1) is 0 Å². The molecule has 0 aliphatic heterocycles. The van der Waals surface area contributed by atoms with Crippen molar-refractivity contribution in [3.05, 3.63) is 11.9 Å². The van der Waals surface area contributed by atoms with Crippen LogP contribution < -0.4 is 4.74 Å². The zero-order chi connectivity index (χ0) is 13.7. The number of nitrogens with zero attached hydrogens (tertiary/aromatic N) is 2. The highest BCUT2D eigenvalue weighted by atomic mass is 32.2. The van der Waals surface area contributed by atoms with Crippen molar-refractivity contribution in [2.45, 2.75) is 56.9 Å². The first-order valence-electron chi connectivity index (χ1n) is 7.15. The van der Waals surface area contributed by atoms with E-state index in [1.165, 1.54) is 32.1 Å². The Balaban J connectivity index is 1.94. The van der Waals surface area contributed by atoms with Gasteiger partial charge in [-0.15, -0.1) is 0 Å². The monoisotopic (exact) mass is 284 g/mol. The second kappa shape index (κ2) is 7.20. The summed E-state index contributed by atoms with van der Waals surface area (Å²) in [7, 11) is 1.63. The molecule has 1 heterocycles. The lowest BCUT2D eigenvalue weighted by Gasteiger charge is -2.22. The number of aliphatic hydroxyl groups excluding tert-OH is 1. The average molecular weight is 284 g/mol. The molecule has 1 saturated carbocycles. The van der Waals surface area contributed by atoms with E-state index >= 15 is 0 Å². The minimum Gasteiger partial charge on any atom is -0.493 e. The Labute approximate surface area is 119 Å². The molecule has 1 unspecified atom stereocenters. The van der Waals surface area contributed by atoms with Gasteiger partial charge < -0.3 is 9.84 Å². The van der Waals surface area contributed by atoms with E-state index in [1.807, 2.05) is 23.4 Å². The van der Waals surface area contributed by atoms with Crippen molar-refractivity contribution in [3.8, 4) is 5.75 Å². The van der Waals surface area contributed by atoms with E-state index in [4.69, 9.17) is 4.74 Å². The molecular weight excluding hydrogens is 260 g/mol. The van der Waals surface area contributed by atoms with Gasteiger partial charge >= 0.3 is 0 Å². The molecule has 108 valence electrons. The van der Waals surface area contributed by atoms with E-state index in [9.17, 15) is 5.11 Å². The first-order valence-corrected chi connectivity index (χ1v) is 8.20. The fourth-order valence-electron chi connectivity index (χ4n) is 2.66. The Bertz CT molecular complexity index is 367. The van der Waals surface area contributed by atoms with Crippen LogP contribution in [0.15, 0.2) is 6.20 Å². The lowest BCUT2D eigenvalue weighted by atomic mass is 10.0. The van der Waals surface area contributed by atoms with Crippen LogP contribution in [-0.4, -0.2) is 33.0 Å². The van der Waals surface area contributed by atoms with E-state index in [0.717, 1.165) is 18.0 Å². The van der Waals surface area contributed by atoms with Gasteiger partial charge in [0.15, 0.2) is 5.75 Å². The number of hydrogen-bond donors (Lipinski definition) is 1. The Morgan fingerprint density at radius 3 is 2.84 bits per heavy atom. The van der Waals surface area contributed by atoms with Crippen LogP contribution in [0.3, 0.4) is 0 Å². The molecule has 0 saturated heterocycles. The standard InChI is InChI=1S/C14H24N2O2S/c1-3-16-14(13(18-2)9-15-16)12(17)10-19-11-7-5-4-6-8-11/h9,11-12,17H,3-8,10H2,1-2H3. The van der Waals surface area contributed by atoms with E-state index in [2.05, 4.69) is 5.10 Å². The van der Waals surface area contributed by atoms with Crippen LogP contribution in [-0.2, 0) is 6.54 Å². The van der Waals surface area contributed by atoms with Gasteiger partial charge in [0.05, 0.1) is 13.3 Å². The normalized spacial score (nSPS) is 18.5. The molecule has 0 spiro atoms. The van der Waals surface area contributed by atoms with Gasteiger partial charge in [0, 0.05) is 17.5 Å². The quantitative estimate of drug-likeness (QED) is 0.872. The minimum atomic E-state index is -0.496. The third kappa shape index (κ3) is 3.66. The third-order valence-electron chi connectivity index (χ3n) is 3.72. The fourth-order valence-corrected chi connectivity index (χ4v) is 3.94. The molecule has 1 atom stereocenters. The van der Waals surface area contributed by atoms with Crippen LogP contribution in [0.25, 0.3) is 0 Å². The van der Waals surface area contributed by atoms with E-state index < -0.39 is 6.10 Å². The number of ether oxygens (including phenoxy) is 1. The molecule has 1 aliphatic rings. The number of methoxy groups -OCH3 is 1. The van der Waals surface area contributed by atoms with Crippen molar-refractivity contribution >= 4 is 11.8 Å². The summed E-state index contributed by atoms with van der Waals surface area (Å²) in [4.78, 5) is 0. The summed E-state index contributed by atoms with van der Waals surface area (Å²) < 4.78 is 7.11. The van der Waals surface area contributed by atoms with Crippen molar-refractivity contribution in [1.82, 2.24) is 9.78 Å². The molecule has 4 nitrogen and oxygen atoms in total. The summed E-state index contributed by atoms with van der Waals surface area (Å²) in [5, 5.41) is 15.4. The van der Waals surface area contributed by atoms with Gasteiger partial charge in [0.25, 0.3) is 0 Å². The molecule has 5 heteroatoms. The minimum absolute atomic E-state index is 0.496. The van der Waals surface area contributed by atoms with Gasteiger partial charge in [0.2, 0.25) is 0 Å². The molecule has 2 rings (SSSR count). The zero-order valence-electron chi connectivity index (χ0n) is 11.8. The highest BCUT2D eigenvalue weighted by Gasteiger charge is 2.22. The molecule has 0 radical (unpaired) electrons. The SMILES string of the molecule is CCn1ncc(OC)c1C(O)CSC1CCCCC1. The summed E-state index contributed by atoms with van der Waals surface area (Å²) in [5.41, 5.74) is 0.813. The van der Waals surface area contributed by atoms with Crippen LogP contribution in [0.1, 0.15) is 50.8 Å². The highest BCUT2D eigenvalue weighted by molar-refractivity contribution is 7.99. The maximum absolute atomic E-state index is 10.4. The Kier molecular flexibility index (Phi) is 5.58. The first-order chi connectivity index (χ1) is 9.26. The maximum Gasteiger partial charge on any atom is 0.162 e. The van der Waals surface area contributed by atoms with Crippen LogP contribution in [0.2, 0.25) is 0 Å². The molecule has 1 aliphatic carbocycles. The molecule has 1 N–H and O–H groups in total. The molecule has 1 aromatic rings.